The van der Waals surface area contributed by atoms with Crippen molar-refractivity contribution < 1.29 is 14.7 Å². The molecule has 5 nitrogen and oxygen atoms in total. The number of carbonyl (C=O) groups is 2. The standard InChI is InChI=1S/C13H24N2O3S/c1-2-3-11(12(16)17)9-15-13(18)14-8-10-4-6-19-7-5-10/h10-11H,2-9H2,1H3,(H,16,17)(H2,14,15,18). The summed E-state index contributed by atoms with van der Waals surface area (Å²) in [5, 5.41) is 14.5. The number of aliphatic carboxylic acids is 1. The number of hydrogen-bond donors (Lipinski definition) is 3. The van der Waals surface area contributed by atoms with Gasteiger partial charge in [-0.25, -0.2) is 4.79 Å². The number of rotatable bonds is 7. The monoisotopic (exact) mass is 288 g/mol. The number of thioether (sulfide) groups is 1. The van der Waals surface area contributed by atoms with Crippen LogP contribution in [0.1, 0.15) is 32.6 Å². The second kappa shape index (κ2) is 9.07. The number of nitrogens with one attached hydrogen (secondary N) is 2. The highest BCUT2D eigenvalue weighted by molar-refractivity contribution is 7.99. The van der Waals surface area contributed by atoms with Gasteiger partial charge in [-0.3, -0.25) is 4.79 Å². The maximum atomic E-state index is 11.6. The highest BCUT2D eigenvalue weighted by Crippen LogP contribution is 2.21. The fourth-order valence-electron chi connectivity index (χ4n) is 2.13. The third-order valence-electron chi connectivity index (χ3n) is 3.39. The minimum absolute atomic E-state index is 0.204. The first-order valence-electron chi connectivity index (χ1n) is 6.95. The van der Waals surface area contributed by atoms with Crippen molar-refractivity contribution in [2.75, 3.05) is 24.6 Å². The van der Waals surface area contributed by atoms with E-state index in [1.54, 1.807) is 0 Å². The van der Waals surface area contributed by atoms with Crippen LogP contribution in [0, 0.1) is 11.8 Å². The van der Waals surface area contributed by atoms with Crippen molar-refractivity contribution in [2.45, 2.75) is 32.6 Å². The molecule has 1 saturated heterocycles. The van der Waals surface area contributed by atoms with Crippen LogP contribution in [0.5, 0.6) is 0 Å². The summed E-state index contributed by atoms with van der Waals surface area (Å²) in [6, 6.07) is -0.249. The largest absolute Gasteiger partial charge is 0.481 e. The van der Waals surface area contributed by atoms with Gasteiger partial charge in [0.2, 0.25) is 0 Å². The van der Waals surface area contributed by atoms with E-state index in [4.69, 9.17) is 5.11 Å². The first-order chi connectivity index (χ1) is 9.13. The molecule has 0 spiro atoms. The first kappa shape index (κ1) is 16.1. The molecule has 2 amide bonds. The Bertz CT molecular complexity index is 294. The predicted octanol–water partition coefficient (Wildman–Crippen LogP) is 1.93. The van der Waals surface area contributed by atoms with Gasteiger partial charge in [-0.1, -0.05) is 13.3 Å². The lowest BCUT2D eigenvalue weighted by Crippen LogP contribution is -2.42. The summed E-state index contributed by atoms with van der Waals surface area (Å²) >= 11 is 1.96. The molecular formula is C13H24N2O3S. The third kappa shape index (κ3) is 6.71. The van der Waals surface area contributed by atoms with Gasteiger partial charge in [-0.15, -0.1) is 0 Å². The molecule has 19 heavy (non-hydrogen) atoms. The molecule has 0 bridgehead atoms. The van der Waals surface area contributed by atoms with E-state index in [0.29, 0.717) is 18.9 Å². The van der Waals surface area contributed by atoms with Gasteiger partial charge < -0.3 is 15.7 Å². The Morgan fingerprint density at radius 2 is 2.00 bits per heavy atom. The van der Waals surface area contributed by atoms with Crippen molar-refractivity contribution in [3.8, 4) is 0 Å². The summed E-state index contributed by atoms with van der Waals surface area (Å²) in [5.41, 5.74) is 0. The highest BCUT2D eigenvalue weighted by atomic mass is 32.2. The Balaban J connectivity index is 2.17. The molecule has 110 valence electrons. The van der Waals surface area contributed by atoms with Crippen LogP contribution in [0.2, 0.25) is 0 Å². The molecule has 0 saturated carbocycles. The van der Waals surface area contributed by atoms with Gasteiger partial charge in [0.05, 0.1) is 5.92 Å². The van der Waals surface area contributed by atoms with Crippen molar-refractivity contribution in [3.05, 3.63) is 0 Å². The summed E-state index contributed by atoms with van der Waals surface area (Å²) in [5.74, 6) is 1.59. The molecular weight excluding hydrogens is 264 g/mol. The summed E-state index contributed by atoms with van der Waals surface area (Å²) in [6.45, 7) is 2.84. The zero-order valence-electron chi connectivity index (χ0n) is 11.5. The molecule has 1 aliphatic heterocycles. The average molecular weight is 288 g/mol. The number of urea groups is 1. The topological polar surface area (TPSA) is 78.4 Å². The summed E-state index contributed by atoms with van der Waals surface area (Å²) in [4.78, 5) is 22.5. The molecule has 3 N–H and O–H groups in total. The maximum Gasteiger partial charge on any atom is 0.314 e. The van der Waals surface area contributed by atoms with Crippen LogP contribution < -0.4 is 10.6 Å². The lowest BCUT2D eigenvalue weighted by molar-refractivity contribution is -0.141. The SMILES string of the molecule is CCCC(CNC(=O)NCC1CCSCC1)C(=O)O. The molecule has 0 aliphatic carbocycles. The second-order valence-corrected chi connectivity index (χ2v) is 6.20. The van der Waals surface area contributed by atoms with Crippen LogP contribution in [0.4, 0.5) is 4.79 Å². The van der Waals surface area contributed by atoms with Crippen molar-refractivity contribution in [2.24, 2.45) is 11.8 Å². The fourth-order valence-corrected chi connectivity index (χ4v) is 3.33. The minimum atomic E-state index is -0.841. The molecule has 0 aromatic rings. The van der Waals surface area contributed by atoms with Gasteiger partial charge in [0.1, 0.15) is 0 Å². The Hall–Kier alpha value is -0.910. The third-order valence-corrected chi connectivity index (χ3v) is 4.44. The number of hydrogen-bond acceptors (Lipinski definition) is 3. The van der Waals surface area contributed by atoms with E-state index < -0.39 is 11.9 Å². The zero-order valence-corrected chi connectivity index (χ0v) is 12.3. The van der Waals surface area contributed by atoms with Gasteiger partial charge in [-0.2, -0.15) is 11.8 Å². The van der Waals surface area contributed by atoms with Gasteiger partial charge in [0, 0.05) is 13.1 Å². The van der Waals surface area contributed by atoms with E-state index in [1.165, 1.54) is 11.5 Å². The highest BCUT2D eigenvalue weighted by Gasteiger charge is 2.18. The van der Waals surface area contributed by atoms with Gasteiger partial charge in [-0.05, 0) is 36.7 Å². The normalized spacial score (nSPS) is 17.7. The van der Waals surface area contributed by atoms with E-state index in [0.717, 1.165) is 19.3 Å². The first-order valence-corrected chi connectivity index (χ1v) is 8.11. The summed E-state index contributed by atoms with van der Waals surface area (Å²) in [7, 11) is 0. The number of carbonyl (C=O) groups excluding carboxylic acids is 1. The van der Waals surface area contributed by atoms with Crippen LogP contribution in [0.15, 0.2) is 0 Å². The second-order valence-electron chi connectivity index (χ2n) is 4.97. The van der Waals surface area contributed by atoms with Crippen molar-refractivity contribution in [1.82, 2.24) is 10.6 Å². The molecule has 1 heterocycles. The number of carboxylic acid groups (broad SMARTS) is 1. The Morgan fingerprint density at radius 3 is 2.58 bits per heavy atom. The van der Waals surface area contributed by atoms with E-state index in [1.807, 2.05) is 18.7 Å². The van der Waals surface area contributed by atoms with E-state index >= 15 is 0 Å². The van der Waals surface area contributed by atoms with Crippen LogP contribution in [-0.4, -0.2) is 41.7 Å². The molecule has 6 heteroatoms. The number of carboxylic acids is 1. The molecule has 0 aromatic carbocycles. The molecule has 0 aromatic heterocycles. The predicted molar refractivity (Wildman–Crippen MR) is 77.5 cm³/mol. The smallest absolute Gasteiger partial charge is 0.314 e. The summed E-state index contributed by atoms with van der Waals surface area (Å²) in [6.07, 6.45) is 3.70. The lowest BCUT2D eigenvalue weighted by atomic mass is 10.0. The molecule has 1 aliphatic rings. The molecule has 1 rings (SSSR count). The zero-order chi connectivity index (χ0) is 14.1. The Morgan fingerprint density at radius 1 is 1.32 bits per heavy atom. The van der Waals surface area contributed by atoms with E-state index in [9.17, 15) is 9.59 Å². The van der Waals surface area contributed by atoms with E-state index in [-0.39, 0.29) is 12.6 Å². The summed E-state index contributed by atoms with van der Waals surface area (Å²) < 4.78 is 0. The van der Waals surface area contributed by atoms with Crippen LogP contribution in [0.3, 0.4) is 0 Å². The van der Waals surface area contributed by atoms with Crippen molar-refractivity contribution in [1.29, 1.82) is 0 Å². The molecule has 1 fully saturated rings. The van der Waals surface area contributed by atoms with Crippen molar-refractivity contribution >= 4 is 23.8 Å². The Labute approximate surface area is 118 Å². The van der Waals surface area contributed by atoms with Gasteiger partial charge in [0.15, 0.2) is 0 Å². The van der Waals surface area contributed by atoms with Crippen LogP contribution in [-0.2, 0) is 4.79 Å². The van der Waals surface area contributed by atoms with Gasteiger partial charge >= 0.3 is 12.0 Å². The maximum absolute atomic E-state index is 11.6. The number of amides is 2. The Kier molecular flexibility index (Phi) is 7.70. The average Bonchev–Trinajstić information content (AvgIpc) is 2.42. The lowest BCUT2D eigenvalue weighted by Gasteiger charge is -2.21. The van der Waals surface area contributed by atoms with Gasteiger partial charge in [0.25, 0.3) is 0 Å². The molecule has 1 unspecified atom stereocenters. The van der Waals surface area contributed by atoms with E-state index in [2.05, 4.69) is 10.6 Å². The molecule has 1 atom stereocenters. The minimum Gasteiger partial charge on any atom is -0.481 e. The molecule has 0 radical (unpaired) electrons. The van der Waals surface area contributed by atoms with Crippen LogP contribution >= 0.6 is 11.8 Å². The van der Waals surface area contributed by atoms with Crippen LogP contribution in [0.25, 0.3) is 0 Å². The fraction of sp³-hybridized carbons (Fsp3) is 0.846. The van der Waals surface area contributed by atoms with Crippen molar-refractivity contribution in [3.63, 3.8) is 0 Å². The quantitative estimate of drug-likeness (QED) is 0.669.